The van der Waals surface area contributed by atoms with Gasteiger partial charge in [0.05, 0.1) is 25.7 Å². The second kappa shape index (κ2) is 7.45. The molecule has 0 radical (unpaired) electrons. The zero-order chi connectivity index (χ0) is 16.9. The Labute approximate surface area is 141 Å². The molecule has 1 aromatic carbocycles. The van der Waals surface area contributed by atoms with Gasteiger partial charge in [-0.2, -0.15) is 0 Å². The van der Waals surface area contributed by atoms with Crippen LogP contribution in [0.1, 0.15) is 17.5 Å². The number of hydrogen-bond donors (Lipinski definition) is 1. The van der Waals surface area contributed by atoms with Gasteiger partial charge >= 0.3 is 0 Å². The molecule has 24 heavy (non-hydrogen) atoms. The van der Waals surface area contributed by atoms with Crippen molar-refractivity contribution in [2.24, 2.45) is 0 Å². The summed E-state index contributed by atoms with van der Waals surface area (Å²) >= 11 is 0. The standard InChI is InChI=1S/C19H22N2O3/c1-24-16-6-2-4-14(10-16)12-19(23)21-9-7-18(22)17(21)11-15-5-3-8-20-13-15/h2-6,8,10,13,17-18,22H,7,9,11-12H2,1H3/t17-,18-/m0/s1. The molecule has 2 aromatic rings. The monoisotopic (exact) mass is 326 g/mol. The lowest BCUT2D eigenvalue weighted by Crippen LogP contribution is -2.41. The average Bonchev–Trinajstić information content (AvgIpc) is 2.97. The van der Waals surface area contributed by atoms with Crippen LogP contribution in [0.3, 0.4) is 0 Å². The number of pyridine rings is 1. The van der Waals surface area contributed by atoms with Gasteiger partial charge in [0, 0.05) is 18.9 Å². The first-order chi connectivity index (χ1) is 11.7. The zero-order valence-corrected chi connectivity index (χ0v) is 13.8. The molecule has 1 aliphatic rings. The summed E-state index contributed by atoms with van der Waals surface area (Å²) in [6.07, 6.45) is 4.58. The third-order valence-corrected chi connectivity index (χ3v) is 4.49. The minimum Gasteiger partial charge on any atom is -0.497 e. The van der Waals surface area contributed by atoms with Gasteiger partial charge in [-0.05, 0) is 42.2 Å². The van der Waals surface area contributed by atoms with Crippen LogP contribution in [-0.2, 0) is 17.6 Å². The van der Waals surface area contributed by atoms with E-state index < -0.39 is 6.10 Å². The number of amides is 1. The molecule has 0 saturated carbocycles. The first-order valence-corrected chi connectivity index (χ1v) is 8.17. The van der Waals surface area contributed by atoms with Crippen LogP contribution in [-0.4, -0.2) is 46.7 Å². The minimum absolute atomic E-state index is 0.0358. The maximum Gasteiger partial charge on any atom is 0.227 e. The third kappa shape index (κ3) is 3.74. The Morgan fingerprint density at radius 3 is 2.92 bits per heavy atom. The molecule has 126 valence electrons. The number of methoxy groups -OCH3 is 1. The molecule has 1 aromatic heterocycles. The van der Waals surface area contributed by atoms with E-state index in [-0.39, 0.29) is 11.9 Å². The van der Waals surface area contributed by atoms with E-state index in [0.717, 1.165) is 16.9 Å². The highest BCUT2D eigenvalue weighted by molar-refractivity contribution is 5.79. The summed E-state index contributed by atoms with van der Waals surface area (Å²) in [5.74, 6) is 0.780. The van der Waals surface area contributed by atoms with E-state index in [2.05, 4.69) is 4.98 Å². The number of carbonyl (C=O) groups excluding carboxylic acids is 1. The van der Waals surface area contributed by atoms with Crippen LogP contribution in [0.25, 0.3) is 0 Å². The summed E-state index contributed by atoms with van der Waals surface area (Å²) in [4.78, 5) is 18.6. The summed E-state index contributed by atoms with van der Waals surface area (Å²) in [7, 11) is 1.61. The molecular weight excluding hydrogens is 304 g/mol. The minimum atomic E-state index is -0.487. The van der Waals surface area contributed by atoms with Gasteiger partial charge < -0.3 is 14.7 Å². The van der Waals surface area contributed by atoms with Crippen LogP contribution >= 0.6 is 0 Å². The van der Waals surface area contributed by atoms with Crippen LogP contribution in [0.2, 0.25) is 0 Å². The highest BCUT2D eigenvalue weighted by Gasteiger charge is 2.35. The van der Waals surface area contributed by atoms with E-state index in [1.165, 1.54) is 0 Å². The highest BCUT2D eigenvalue weighted by atomic mass is 16.5. The molecule has 2 heterocycles. The van der Waals surface area contributed by atoms with Gasteiger partial charge in [0.25, 0.3) is 0 Å². The van der Waals surface area contributed by atoms with E-state index in [9.17, 15) is 9.90 Å². The van der Waals surface area contributed by atoms with Crippen LogP contribution in [0, 0.1) is 0 Å². The van der Waals surface area contributed by atoms with Gasteiger partial charge in [-0.3, -0.25) is 9.78 Å². The fourth-order valence-corrected chi connectivity index (χ4v) is 3.21. The summed E-state index contributed by atoms with van der Waals surface area (Å²) < 4.78 is 5.21. The predicted octanol–water partition coefficient (Wildman–Crippen LogP) is 1.84. The lowest BCUT2D eigenvalue weighted by molar-refractivity contribution is -0.132. The van der Waals surface area contributed by atoms with Crippen LogP contribution < -0.4 is 4.74 Å². The average molecular weight is 326 g/mol. The molecule has 0 spiro atoms. The van der Waals surface area contributed by atoms with Gasteiger partial charge in [-0.15, -0.1) is 0 Å². The zero-order valence-electron chi connectivity index (χ0n) is 13.8. The Hall–Kier alpha value is -2.40. The molecule has 0 unspecified atom stereocenters. The topological polar surface area (TPSA) is 62.7 Å². The Kier molecular flexibility index (Phi) is 5.11. The molecule has 1 aliphatic heterocycles. The smallest absolute Gasteiger partial charge is 0.227 e. The summed E-state index contributed by atoms with van der Waals surface area (Å²) in [5, 5.41) is 10.3. The number of carbonyl (C=O) groups is 1. The number of rotatable bonds is 5. The van der Waals surface area contributed by atoms with Gasteiger partial charge in [0.15, 0.2) is 0 Å². The number of hydrogen-bond acceptors (Lipinski definition) is 4. The number of nitrogens with zero attached hydrogens (tertiary/aromatic N) is 2. The molecule has 1 saturated heterocycles. The second-order valence-electron chi connectivity index (χ2n) is 6.10. The fraction of sp³-hybridized carbons (Fsp3) is 0.368. The molecule has 2 atom stereocenters. The van der Waals surface area contributed by atoms with Crippen molar-refractivity contribution in [3.8, 4) is 5.75 Å². The molecular formula is C19H22N2O3. The van der Waals surface area contributed by atoms with Crippen molar-refractivity contribution >= 4 is 5.91 Å². The Morgan fingerprint density at radius 2 is 2.17 bits per heavy atom. The number of aliphatic hydroxyl groups is 1. The molecule has 0 aliphatic carbocycles. The first kappa shape index (κ1) is 16.5. The SMILES string of the molecule is COc1cccc(CC(=O)N2CC[C@H](O)[C@@H]2Cc2cccnc2)c1. The van der Waals surface area contributed by atoms with Crippen molar-refractivity contribution in [3.63, 3.8) is 0 Å². The van der Waals surface area contributed by atoms with Gasteiger partial charge in [0.1, 0.15) is 5.75 Å². The van der Waals surface area contributed by atoms with Crippen LogP contribution in [0.4, 0.5) is 0 Å². The predicted molar refractivity (Wildman–Crippen MR) is 90.8 cm³/mol. The van der Waals surface area contributed by atoms with Crippen LogP contribution in [0.15, 0.2) is 48.8 Å². The van der Waals surface area contributed by atoms with Crippen molar-refractivity contribution in [1.82, 2.24) is 9.88 Å². The molecule has 3 rings (SSSR count). The maximum atomic E-state index is 12.7. The summed E-state index contributed by atoms with van der Waals surface area (Å²) in [6, 6.07) is 11.2. The Balaban J connectivity index is 1.70. The number of likely N-dealkylation sites (tertiary alicyclic amines) is 1. The van der Waals surface area contributed by atoms with E-state index in [0.29, 0.717) is 25.8 Å². The van der Waals surface area contributed by atoms with Crippen LogP contribution in [0.5, 0.6) is 5.75 Å². The molecule has 0 bridgehead atoms. The Morgan fingerprint density at radius 1 is 1.33 bits per heavy atom. The number of ether oxygens (including phenoxy) is 1. The van der Waals surface area contributed by atoms with E-state index >= 15 is 0 Å². The van der Waals surface area contributed by atoms with Gasteiger partial charge in [-0.25, -0.2) is 0 Å². The molecule has 1 amide bonds. The van der Waals surface area contributed by atoms with Crippen molar-refractivity contribution in [2.45, 2.75) is 31.4 Å². The lowest BCUT2D eigenvalue weighted by Gasteiger charge is -2.26. The molecule has 1 N–H and O–H groups in total. The highest BCUT2D eigenvalue weighted by Crippen LogP contribution is 2.23. The maximum absolute atomic E-state index is 12.7. The third-order valence-electron chi connectivity index (χ3n) is 4.49. The quantitative estimate of drug-likeness (QED) is 0.911. The largest absolute Gasteiger partial charge is 0.497 e. The number of aromatic nitrogens is 1. The lowest BCUT2D eigenvalue weighted by atomic mass is 10.0. The molecule has 5 heteroatoms. The fourth-order valence-electron chi connectivity index (χ4n) is 3.21. The normalized spacial score (nSPS) is 20.2. The molecule has 5 nitrogen and oxygen atoms in total. The van der Waals surface area contributed by atoms with Gasteiger partial charge in [-0.1, -0.05) is 18.2 Å². The van der Waals surface area contributed by atoms with E-state index in [4.69, 9.17) is 4.74 Å². The van der Waals surface area contributed by atoms with E-state index in [1.807, 2.05) is 36.4 Å². The van der Waals surface area contributed by atoms with Crippen molar-refractivity contribution in [3.05, 3.63) is 59.9 Å². The Bertz CT molecular complexity index is 690. The molecule has 1 fully saturated rings. The van der Waals surface area contributed by atoms with E-state index in [1.54, 1.807) is 24.4 Å². The van der Waals surface area contributed by atoms with Gasteiger partial charge in [0.2, 0.25) is 5.91 Å². The van der Waals surface area contributed by atoms with Crippen molar-refractivity contribution in [2.75, 3.05) is 13.7 Å². The number of aliphatic hydroxyl groups excluding tert-OH is 1. The van der Waals surface area contributed by atoms with Crippen molar-refractivity contribution < 1.29 is 14.6 Å². The second-order valence-corrected chi connectivity index (χ2v) is 6.10. The summed E-state index contributed by atoms with van der Waals surface area (Å²) in [5.41, 5.74) is 1.95. The number of benzene rings is 1. The summed E-state index contributed by atoms with van der Waals surface area (Å²) in [6.45, 7) is 0.592. The first-order valence-electron chi connectivity index (χ1n) is 8.17. The van der Waals surface area contributed by atoms with Crippen molar-refractivity contribution in [1.29, 1.82) is 0 Å².